The second-order valence-corrected chi connectivity index (χ2v) is 8.31. The van der Waals surface area contributed by atoms with Gasteiger partial charge >= 0.3 is 0 Å². The van der Waals surface area contributed by atoms with Crippen LogP contribution in [0.3, 0.4) is 0 Å². The van der Waals surface area contributed by atoms with Crippen LogP contribution in [0, 0.1) is 0 Å². The summed E-state index contributed by atoms with van der Waals surface area (Å²) >= 11 is 3.44. The maximum absolute atomic E-state index is 12.4. The molecular weight excluding hydrogens is 354 g/mol. The molecule has 3 heterocycles. The largest absolute Gasteiger partial charge is 0.370 e. The van der Waals surface area contributed by atoms with E-state index in [1.54, 1.807) is 0 Å². The molecule has 0 saturated heterocycles. The average molecular weight is 368 g/mol. The predicted octanol–water partition coefficient (Wildman–Crippen LogP) is 1.74. The smallest absolute Gasteiger partial charge is 0.181 e. The molecule has 5 nitrogen and oxygen atoms in total. The van der Waals surface area contributed by atoms with E-state index in [0.29, 0.717) is 17.9 Å². The number of benzene rings is 1. The Labute approximate surface area is 131 Å². The van der Waals surface area contributed by atoms with Gasteiger partial charge in [-0.2, -0.15) is 0 Å². The second kappa shape index (κ2) is 4.58. The van der Waals surface area contributed by atoms with Crippen LogP contribution in [0.15, 0.2) is 32.6 Å². The van der Waals surface area contributed by atoms with Gasteiger partial charge in [0.25, 0.3) is 0 Å². The highest BCUT2D eigenvalue weighted by molar-refractivity contribution is 9.10. The van der Waals surface area contributed by atoms with E-state index in [1.165, 1.54) is 0 Å². The molecule has 0 unspecified atom stereocenters. The van der Waals surface area contributed by atoms with Crippen LogP contribution in [0.2, 0.25) is 0 Å². The predicted molar refractivity (Wildman–Crippen MR) is 85.7 cm³/mol. The topological polar surface area (TPSA) is 63.5 Å². The Kier molecular flexibility index (Phi) is 2.91. The number of sulfone groups is 1. The van der Waals surface area contributed by atoms with Crippen LogP contribution >= 0.6 is 15.9 Å². The molecule has 0 radical (unpaired) electrons. The Morgan fingerprint density at radius 2 is 2.24 bits per heavy atom. The summed E-state index contributed by atoms with van der Waals surface area (Å²) in [5, 5.41) is 4.07. The van der Waals surface area contributed by atoms with Gasteiger partial charge in [0.2, 0.25) is 0 Å². The van der Waals surface area contributed by atoms with Gasteiger partial charge in [0.05, 0.1) is 29.3 Å². The Balaban J connectivity index is 1.98. The number of rotatable bonds is 2. The molecule has 1 aromatic heterocycles. The van der Waals surface area contributed by atoms with Crippen LogP contribution in [0.25, 0.3) is 10.9 Å². The summed E-state index contributed by atoms with van der Waals surface area (Å²) in [4.78, 5) is 4.93. The number of halogens is 1. The lowest BCUT2D eigenvalue weighted by molar-refractivity contribution is 0.600. The number of fused-ring (bicyclic) bond motifs is 3. The maximum Gasteiger partial charge on any atom is 0.181 e. The number of amidine groups is 1. The summed E-state index contributed by atoms with van der Waals surface area (Å²) in [6, 6.07) is 5.82. The molecule has 4 rings (SSSR count). The Bertz CT molecular complexity index is 883. The number of hydrogen-bond acceptors (Lipinski definition) is 4. The summed E-state index contributed by atoms with van der Waals surface area (Å²) in [6.07, 6.45) is 0.581. The number of aromatic nitrogens is 1. The van der Waals surface area contributed by atoms with Crippen molar-refractivity contribution >= 4 is 42.5 Å². The first-order chi connectivity index (χ1) is 10.1. The van der Waals surface area contributed by atoms with Crippen LogP contribution in [-0.2, 0) is 22.8 Å². The third kappa shape index (κ3) is 2.02. The highest BCUT2D eigenvalue weighted by Gasteiger charge is 2.33. The molecule has 1 aromatic carbocycles. The number of hydrogen-bond donors (Lipinski definition) is 1. The molecule has 0 amide bonds. The van der Waals surface area contributed by atoms with Gasteiger partial charge < -0.3 is 9.88 Å². The molecule has 0 spiro atoms. The van der Waals surface area contributed by atoms with Crippen molar-refractivity contribution in [3.63, 3.8) is 0 Å². The van der Waals surface area contributed by atoms with E-state index < -0.39 is 9.84 Å². The van der Waals surface area contributed by atoms with Gasteiger partial charge in [-0.1, -0.05) is 15.9 Å². The summed E-state index contributed by atoms with van der Waals surface area (Å²) in [6.45, 7) is 2.27. The fourth-order valence-electron chi connectivity index (χ4n) is 3.16. The molecular formula is C14H14BrN3O2S. The average Bonchev–Trinajstić information content (AvgIpc) is 3.10. The molecule has 0 aliphatic carbocycles. The van der Waals surface area contributed by atoms with E-state index in [0.717, 1.165) is 40.0 Å². The first kappa shape index (κ1) is 13.3. The van der Waals surface area contributed by atoms with Gasteiger partial charge in [-0.25, -0.2) is 8.42 Å². The third-order valence-electron chi connectivity index (χ3n) is 4.05. The normalized spacial score (nSPS) is 19.6. The minimum atomic E-state index is -3.16. The Morgan fingerprint density at radius 1 is 1.38 bits per heavy atom. The molecule has 0 fully saturated rings. The van der Waals surface area contributed by atoms with Crippen LogP contribution in [0.1, 0.15) is 5.69 Å². The zero-order chi connectivity index (χ0) is 14.6. The molecule has 2 aliphatic heterocycles. The van der Waals surface area contributed by atoms with E-state index in [2.05, 4.69) is 30.8 Å². The van der Waals surface area contributed by atoms with E-state index in [4.69, 9.17) is 0 Å². The van der Waals surface area contributed by atoms with Crippen LogP contribution < -0.4 is 5.32 Å². The number of aliphatic imine (C=N–C) groups is 1. The molecule has 0 saturated carbocycles. The lowest BCUT2D eigenvalue weighted by Gasteiger charge is -2.09. The van der Waals surface area contributed by atoms with E-state index in [9.17, 15) is 8.42 Å². The molecule has 0 bridgehead atoms. The Hall–Kier alpha value is -1.34. The van der Waals surface area contributed by atoms with E-state index in [-0.39, 0.29) is 5.75 Å². The van der Waals surface area contributed by atoms with Crippen LogP contribution in [0.4, 0.5) is 0 Å². The van der Waals surface area contributed by atoms with Gasteiger partial charge in [0.1, 0.15) is 5.84 Å². The van der Waals surface area contributed by atoms with Crippen LogP contribution in [0.5, 0.6) is 0 Å². The highest BCUT2D eigenvalue weighted by Crippen LogP contribution is 2.37. The lowest BCUT2D eigenvalue weighted by atomic mass is 10.2. The molecule has 2 aliphatic rings. The first-order valence-electron chi connectivity index (χ1n) is 6.87. The minimum Gasteiger partial charge on any atom is -0.370 e. The molecule has 2 aromatic rings. The van der Waals surface area contributed by atoms with E-state index >= 15 is 0 Å². The van der Waals surface area contributed by atoms with Crippen molar-refractivity contribution in [2.24, 2.45) is 4.99 Å². The molecule has 0 atom stereocenters. The van der Waals surface area contributed by atoms with Crippen molar-refractivity contribution < 1.29 is 8.42 Å². The molecule has 7 heteroatoms. The minimum absolute atomic E-state index is 0.208. The fourth-order valence-corrected chi connectivity index (χ4v) is 5.26. The fraction of sp³-hybridized carbons (Fsp3) is 0.357. The van der Waals surface area contributed by atoms with Crippen LogP contribution in [-0.4, -0.2) is 37.7 Å². The summed E-state index contributed by atoms with van der Waals surface area (Å²) < 4.78 is 27.7. The third-order valence-corrected chi connectivity index (χ3v) is 6.36. The number of nitrogens with one attached hydrogen (secondary N) is 1. The van der Waals surface area contributed by atoms with E-state index in [1.807, 2.05) is 18.2 Å². The SMILES string of the molecule is O=S1(=O)CCc2c1c1cc(Br)ccc1n2CC1=NCCN1. The Morgan fingerprint density at radius 3 is 3.00 bits per heavy atom. The number of nitrogens with zero attached hydrogens (tertiary/aromatic N) is 2. The summed E-state index contributed by atoms with van der Waals surface area (Å²) in [5.74, 6) is 1.14. The van der Waals surface area contributed by atoms with Gasteiger partial charge in [0.15, 0.2) is 9.84 Å². The van der Waals surface area contributed by atoms with Gasteiger partial charge in [0, 0.05) is 28.5 Å². The molecule has 21 heavy (non-hydrogen) atoms. The highest BCUT2D eigenvalue weighted by atomic mass is 79.9. The quantitative estimate of drug-likeness (QED) is 0.878. The summed E-state index contributed by atoms with van der Waals surface area (Å²) in [7, 11) is -3.16. The van der Waals surface area contributed by atoms with Crippen molar-refractivity contribution in [1.29, 1.82) is 0 Å². The summed E-state index contributed by atoms with van der Waals surface area (Å²) in [5.41, 5.74) is 1.88. The second-order valence-electron chi connectivity index (χ2n) is 5.35. The van der Waals surface area contributed by atoms with Gasteiger partial charge in [-0.3, -0.25) is 4.99 Å². The molecule has 110 valence electrons. The van der Waals surface area contributed by atoms with Gasteiger partial charge in [-0.15, -0.1) is 0 Å². The first-order valence-corrected chi connectivity index (χ1v) is 9.31. The zero-order valence-electron chi connectivity index (χ0n) is 11.3. The lowest BCUT2D eigenvalue weighted by Crippen LogP contribution is -2.24. The monoisotopic (exact) mass is 367 g/mol. The zero-order valence-corrected chi connectivity index (χ0v) is 13.7. The maximum atomic E-state index is 12.4. The van der Waals surface area contributed by atoms with Gasteiger partial charge in [-0.05, 0) is 18.2 Å². The standard InChI is InChI=1S/C14H14BrN3O2S/c15-9-1-2-11-10(7-9)14-12(3-6-21(14,19)20)18(11)8-13-16-4-5-17-13/h1-2,7H,3-6,8H2,(H,16,17). The molecule has 1 N–H and O–H groups in total. The van der Waals surface area contributed by atoms with Crippen molar-refractivity contribution in [2.45, 2.75) is 17.9 Å². The van der Waals surface area contributed by atoms with Crippen molar-refractivity contribution in [1.82, 2.24) is 9.88 Å². The van der Waals surface area contributed by atoms with Crippen molar-refractivity contribution in [3.05, 3.63) is 28.4 Å². The van der Waals surface area contributed by atoms with Crippen molar-refractivity contribution in [2.75, 3.05) is 18.8 Å². The van der Waals surface area contributed by atoms with Crippen molar-refractivity contribution in [3.8, 4) is 0 Å².